The maximum Gasteiger partial charge on any atom is 0.0730 e. The Labute approximate surface area is 276 Å². The summed E-state index contributed by atoms with van der Waals surface area (Å²) in [5.41, 5.74) is 11.0. The summed E-state index contributed by atoms with van der Waals surface area (Å²) < 4.78 is 4.88. The topological polar surface area (TPSA) is 35.6 Å². The Morgan fingerprint density at radius 3 is 1.81 bits per heavy atom. The van der Waals surface area contributed by atoms with Crippen molar-refractivity contribution in [2.45, 2.75) is 0 Å². The summed E-state index contributed by atoms with van der Waals surface area (Å²) in [4.78, 5) is 9.62. The number of nitrogens with zero attached hydrogens (tertiary/aromatic N) is 4. The lowest BCUT2D eigenvalue weighted by Gasteiger charge is -2.14. The molecule has 4 nitrogen and oxygen atoms in total. The molecule has 10 aromatic rings. The van der Waals surface area contributed by atoms with Gasteiger partial charge in [0.1, 0.15) is 0 Å². The molecule has 48 heavy (non-hydrogen) atoms. The van der Waals surface area contributed by atoms with Crippen LogP contribution in [-0.2, 0) is 0 Å². The molecule has 0 aliphatic rings. The molecule has 0 aliphatic carbocycles. The van der Waals surface area contributed by atoms with Gasteiger partial charge in [0.2, 0.25) is 0 Å². The standard InChI is InChI=1S/C44H28N4/c1-3-12-29(13-4-1)37-26-32(27-38(46-37)30-14-5-2-6-15-30)47-40-19-9-7-17-34(40)35-22-23-42-43(44(35)47)36-18-8-10-20-41(36)48(42)39-21-11-16-31-28-45-25-24-33(31)39/h1-28H. The van der Waals surface area contributed by atoms with Crippen LogP contribution in [-0.4, -0.2) is 19.1 Å². The van der Waals surface area contributed by atoms with E-state index >= 15 is 0 Å². The van der Waals surface area contributed by atoms with Gasteiger partial charge in [0.15, 0.2) is 0 Å². The maximum absolute atomic E-state index is 5.21. The van der Waals surface area contributed by atoms with Crippen molar-refractivity contribution in [2.75, 3.05) is 0 Å². The van der Waals surface area contributed by atoms with E-state index in [-0.39, 0.29) is 0 Å². The summed E-state index contributed by atoms with van der Waals surface area (Å²) in [5, 5.41) is 7.18. The Hall–Kier alpha value is -6.52. The van der Waals surface area contributed by atoms with E-state index in [0.29, 0.717) is 0 Å². The molecule has 4 heteroatoms. The minimum Gasteiger partial charge on any atom is -0.309 e. The Balaban J connectivity index is 1.37. The van der Waals surface area contributed by atoms with Gasteiger partial charge in [0.05, 0.1) is 44.8 Å². The second kappa shape index (κ2) is 10.5. The molecule has 4 aromatic heterocycles. The molecule has 0 N–H and O–H groups in total. The number of hydrogen-bond donors (Lipinski definition) is 0. The molecule has 4 heterocycles. The third-order valence-electron chi connectivity index (χ3n) is 9.58. The normalized spacial score (nSPS) is 11.8. The molecule has 0 unspecified atom stereocenters. The number of pyridine rings is 2. The van der Waals surface area contributed by atoms with Crippen LogP contribution in [0.2, 0.25) is 0 Å². The Morgan fingerprint density at radius 1 is 0.438 bits per heavy atom. The fourth-order valence-electron chi connectivity index (χ4n) is 7.50. The molecule has 0 radical (unpaired) electrons. The molecule has 0 fully saturated rings. The largest absolute Gasteiger partial charge is 0.309 e. The molecular formula is C44H28N4. The summed E-state index contributed by atoms with van der Waals surface area (Å²) in [6.07, 6.45) is 3.83. The van der Waals surface area contributed by atoms with Gasteiger partial charge in [0.25, 0.3) is 0 Å². The van der Waals surface area contributed by atoms with Crippen molar-refractivity contribution < 1.29 is 0 Å². The fraction of sp³-hybridized carbons (Fsp3) is 0. The highest BCUT2D eigenvalue weighted by Gasteiger charge is 2.22. The van der Waals surface area contributed by atoms with Gasteiger partial charge < -0.3 is 9.13 Å². The Kier molecular flexibility index (Phi) is 5.84. The van der Waals surface area contributed by atoms with E-state index in [4.69, 9.17) is 4.98 Å². The highest BCUT2D eigenvalue weighted by molar-refractivity contribution is 6.26. The second-order valence-electron chi connectivity index (χ2n) is 12.3. The monoisotopic (exact) mass is 612 g/mol. The molecule has 0 atom stereocenters. The molecule has 224 valence electrons. The van der Waals surface area contributed by atoms with Gasteiger partial charge in [-0.05, 0) is 42.5 Å². The lowest BCUT2D eigenvalue weighted by Crippen LogP contribution is -1.99. The van der Waals surface area contributed by atoms with E-state index in [1.165, 1.54) is 38.0 Å². The second-order valence-corrected chi connectivity index (χ2v) is 12.3. The summed E-state index contributed by atoms with van der Waals surface area (Å²) >= 11 is 0. The maximum atomic E-state index is 5.21. The zero-order valence-corrected chi connectivity index (χ0v) is 26.0. The van der Waals surface area contributed by atoms with E-state index in [2.05, 4.69) is 172 Å². The van der Waals surface area contributed by atoms with Gasteiger partial charge in [-0.15, -0.1) is 0 Å². The predicted molar refractivity (Wildman–Crippen MR) is 199 cm³/mol. The van der Waals surface area contributed by atoms with Crippen molar-refractivity contribution >= 4 is 54.4 Å². The number of aromatic nitrogens is 4. The van der Waals surface area contributed by atoms with Crippen molar-refractivity contribution in [2.24, 2.45) is 0 Å². The Morgan fingerprint density at radius 2 is 1.08 bits per heavy atom. The molecule has 0 saturated heterocycles. The number of hydrogen-bond acceptors (Lipinski definition) is 2. The van der Waals surface area contributed by atoms with E-state index in [9.17, 15) is 0 Å². The Bertz CT molecular complexity index is 2760. The summed E-state index contributed by atoms with van der Waals surface area (Å²) in [5.74, 6) is 0. The first kappa shape index (κ1) is 26.7. The van der Waals surface area contributed by atoms with Gasteiger partial charge in [-0.25, -0.2) is 4.98 Å². The zero-order chi connectivity index (χ0) is 31.6. The van der Waals surface area contributed by atoms with Crippen LogP contribution in [0.3, 0.4) is 0 Å². The van der Waals surface area contributed by atoms with Crippen molar-refractivity contribution in [3.05, 3.63) is 170 Å². The van der Waals surface area contributed by atoms with Crippen LogP contribution in [0, 0.1) is 0 Å². The van der Waals surface area contributed by atoms with Crippen LogP contribution >= 0.6 is 0 Å². The van der Waals surface area contributed by atoms with Crippen molar-refractivity contribution in [1.29, 1.82) is 0 Å². The number of benzene rings is 6. The van der Waals surface area contributed by atoms with E-state index in [1.807, 2.05) is 12.4 Å². The average Bonchev–Trinajstić information content (AvgIpc) is 3.68. The van der Waals surface area contributed by atoms with Crippen molar-refractivity contribution in [3.63, 3.8) is 0 Å². The minimum atomic E-state index is 0.942. The SMILES string of the molecule is c1ccc(-c2cc(-n3c4ccccc4c4ccc5c(c6ccccc6n5-c5cccc6cnccc56)c43)cc(-c3ccccc3)n2)cc1. The van der Waals surface area contributed by atoms with Gasteiger partial charge in [0, 0.05) is 55.8 Å². The number of para-hydroxylation sites is 2. The summed E-state index contributed by atoms with van der Waals surface area (Å²) in [6.45, 7) is 0. The van der Waals surface area contributed by atoms with Gasteiger partial charge in [-0.1, -0.05) is 115 Å². The van der Waals surface area contributed by atoms with Gasteiger partial charge >= 0.3 is 0 Å². The van der Waals surface area contributed by atoms with Crippen LogP contribution in [0.4, 0.5) is 0 Å². The van der Waals surface area contributed by atoms with Gasteiger partial charge in [-0.2, -0.15) is 0 Å². The molecule has 10 rings (SSSR count). The third kappa shape index (κ3) is 3.96. The highest BCUT2D eigenvalue weighted by Crippen LogP contribution is 2.43. The molecule has 0 saturated carbocycles. The van der Waals surface area contributed by atoms with Gasteiger partial charge in [-0.3, -0.25) is 4.98 Å². The molecule has 6 aromatic carbocycles. The molecular weight excluding hydrogens is 585 g/mol. The first-order chi connectivity index (χ1) is 23.8. The quantitative estimate of drug-likeness (QED) is 0.198. The first-order valence-electron chi connectivity index (χ1n) is 16.3. The minimum absolute atomic E-state index is 0.942. The first-order valence-corrected chi connectivity index (χ1v) is 16.3. The van der Waals surface area contributed by atoms with E-state index in [1.54, 1.807) is 0 Å². The molecule has 0 bridgehead atoms. The van der Waals surface area contributed by atoms with Crippen LogP contribution in [0.15, 0.2) is 170 Å². The smallest absolute Gasteiger partial charge is 0.0730 e. The average molecular weight is 613 g/mol. The summed E-state index contributed by atoms with van der Waals surface area (Å²) in [6, 6.07) is 56.2. The zero-order valence-electron chi connectivity index (χ0n) is 26.0. The summed E-state index contributed by atoms with van der Waals surface area (Å²) in [7, 11) is 0. The van der Waals surface area contributed by atoms with Crippen LogP contribution < -0.4 is 0 Å². The lowest BCUT2D eigenvalue weighted by atomic mass is 10.1. The van der Waals surface area contributed by atoms with E-state index in [0.717, 1.165) is 50.3 Å². The number of rotatable bonds is 4. The highest BCUT2D eigenvalue weighted by atomic mass is 15.0. The molecule has 0 aliphatic heterocycles. The van der Waals surface area contributed by atoms with Crippen LogP contribution in [0.1, 0.15) is 0 Å². The van der Waals surface area contributed by atoms with Crippen LogP contribution in [0.5, 0.6) is 0 Å². The third-order valence-corrected chi connectivity index (χ3v) is 9.58. The van der Waals surface area contributed by atoms with Crippen LogP contribution in [0.25, 0.3) is 88.3 Å². The van der Waals surface area contributed by atoms with Crippen molar-refractivity contribution in [1.82, 2.24) is 19.1 Å². The number of fused-ring (bicyclic) bond motifs is 8. The lowest BCUT2D eigenvalue weighted by molar-refractivity contribution is 1.16. The fourth-order valence-corrected chi connectivity index (χ4v) is 7.50. The van der Waals surface area contributed by atoms with E-state index < -0.39 is 0 Å². The van der Waals surface area contributed by atoms with Crippen molar-refractivity contribution in [3.8, 4) is 33.9 Å². The molecule has 0 amide bonds. The predicted octanol–water partition coefficient (Wildman–Crippen LogP) is 11.2. The molecule has 0 spiro atoms.